The smallest absolute Gasteiger partial charge is 0.312 e. The van der Waals surface area contributed by atoms with Gasteiger partial charge in [0.15, 0.2) is 0 Å². The summed E-state index contributed by atoms with van der Waals surface area (Å²) in [6, 6.07) is 5.04. The van der Waals surface area contributed by atoms with Gasteiger partial charge in [0.25, 0.3) is 0 Å². The quantitative estimate of drug-likeness (QED) is 0.0534. The maximum atomic E-state index is 13.0. The average Bonchev–Trinajstić information content (AvgIpc) is 2.96. The normalized spacial score (nSPS) is 12.1. The zero-order valence-corrected chi connectivity index (χ0v) is 25.5. The highest BCUT2D eigenvalue weighted by atomic mass is 16.6. The predicted molar refractivity (Wildman–Crippen MR) is 159 cm³/mol. The van der Waals surface area contributed by atoms with Crippen molar-refractivity contribution >= 4 is 35.9 Å². The van der Waals surface area contributed by atoms with Crippen molar-refractivity contribution in [3.8, 4) is 0 Å². The Hall–Kier alpha value is -3.79. The molecule has 1 aromatic rings. The van der Waals surface area contributed by atoms with Gasteiger partial charge >= 0.3 is 6.03 Å². The summed E-state index contributed by atoms with van der Waals surface area (Å²) in [6.45, 7) is 8.73. The van der Waals surface area contributed by atoms with E-state index in [2.05, 4.69) is 26.7 Å². The number of hydrogen-bond acceptors (Lipinski definition) is 9. The summed E-state index contributed by atoms with van der Waals surface area (Å²) in [5.74, 6) is -1.38. The molecule has 0 fully saturated rings. The molecule has 9 N–H and O–H groups in total. The molecule has 1 atom stereocenters. The van der Waals surface area contributed by atoms with E-state index in [1.54, 1.807) is 38.1 Å². The Kier molecular flexibility index (Phi) is 16.8. The molecule has 0 aliphatic rings. The Labute approximate surface area is 252 Å². The molecule has 1 aromatic carbocycles. The van der Waals surface area contributed by atoms with Gasteiger partial charge in [-0.3, -0.25) is 24.0 Å². The van der Waals surface area contributed by atoms with Gasteiger partial charge in [0, 0.05) is 30.8 Å². The monoisotopic (exact) mass is 609 g/mol. The first-order valence-corrected chi connectivity index (χ1v) is 14.0. The molecule has 0 bridgehead atoms. The zero-order valence-electron chi connectivity index (χ0n) is 25.5. The van der Waals surface area contributed by atoms with Gasteiger partial charge in [0.05, 0.1) is 32.0 Å². The van der Waals surface area contributed by atoms with Crippen LogP contribution in [0.2, 0.25) is 0 Å². The summed E-state index contributed by atoms with van der Waals surface area (Å²) in [5.41, 5.74) is 12.8. The van der Waals surface area contributed by atoms with Crippen LogP contribution in [-0.2, 0) is 40.1 Å². The number of primary amides is 1. The summed E-state index contributed by atoms with van der Waals surface area (Å²) in [4.78, 5) is 64.6. The summed E-state index contributed by atoms with van der Waals surface area (Å²) in [6.07, 6.45) is 1.38. The molecule has 0 saturated heterocycles. The second-order valence-corrected chi connectivity index (χ2v) is 11.0. The van der Waals surface area contributed by atoms with Gasteiger partial charge in [-0.15, -0.1) is 0 Å². The van der Waals surface area contributed by atoms with E-state index in [1.165, 1.54) is 0 Å². The van der Waals surface area contributed by atoms with Gasteiger partial charge in [-0.1, -0.05) is 26.0 Å². The Balaban J connectivity index is 2.61. The highest BCUT2D eigenvalue weighted by Crippen LogP contribution is 2.20. The zero-order chi connectivity index (χ0) is 32.3. The third kappa shape index (κ3) is 16.4. The number of hydrogen-bond donors (Lipinski definition) is 7. The van der Waals surface area contributed by atoms with E-state index in [4.69, 9.17) is 25.8 Å². The lowest BCUT2D eigenvalue weighted by atomic mass is 9.88. The fourth-order valence-electron chi connectivity index (χ4n) is 3.48. The van der Waals surface area contributed by atoms with Crippen molar-refractivity contribution in [1.29, 1.82) is 0 Å². The molecule has 0 aromatic heterocycles. The Morgan fingerprint density at radius 2 is 1.70 bits per heavy atom. The Morgan fingerprint density at radius 3 is 2.33 bits per heavy atom. The summed E-state index contributed by atoms with van der Waals surface area (Å²) < 4.78 is 11.2. The van der Waals surface area contributed by atoms with E-state index < -0.39 is 34.9 Å². The average molecular weight is 610 g/mol. The third-order valence-corrected chi connectivity index (χ3v) is 6.32. The first-order chi connectivity index (χ1) is 20.3. The number of amides is 6. The van der Waals surface area contributed by atoms with Crippen molar-refractivity contribution in [1.82, 2.24) is 21.4 Å². The minimum atomic E-state index is -0.952. The fourth-order valence-corrected chi connectivity index (χ4v) is 3.48. The molecule has 6 amide bonds. The molecule has 1 unspecified atom stereocenters. The van der Waals surface area contributed by atoms with Gasteiger partial charge in [0.2, 0.25) is 24.1 Å². The van der Waals surface area contributed by atoms with Crippen molar-refractivity contribution in [3.63, 3.8) is 0 Å². The molecule has 0 radical (unpaired) electrons. The number of hydroxylamine groups is 1. The number of nitrogens with two attached hydrogens (primary N) is 2. The minimum Gasteiger partial charge on any atom is -0.379 e. The van der Waals surface area contributed by atoms with E-state index in [0.29, 0.717) is 51.3 Å². The van der Waals surface area contributed by atoms with Gasteiger partial charge in [-0.05, 0) is 50.8 Å². The first-order valence-electron chi connectivity index (χ1n) is 14.0. The maximum absolute atomic E-state index is 13.0. The van der Waals surface area contributed by atoms with Crippen LogP contribution in [0.5, 0.6) is 0 Å². The van der Waals surface area contributed by atoms with Crippen LogP contribution in [0.25, 0.3) is 0 Å². The predicted octanol–water partition coefficient (Wildman–Crippen LogP) is 0.0390. The van der Waals surface area contributed by atoms with E-state index >= 15 is 0 Å². The van der Waals surface area contributed by atoms with Crippen molar-refractivity contribution in [2.24, 2.45) is 16.9 Å². The van der Waals surface area contributed by atoms with Crippen LogP contribution in [0.4, 0.5) is 10.5 Å². The summed E-state index contributed by atoms with van der Waals surface area (Å²) in [7, 11) is 0. The molecule has 0 heterocycles. The lowest BCUT2D eigenvalue weighted by molar-refractivity contribution is -0.133. The van der Waals surface area contributed by atoms with Gasteiger partial charge in [-0.2, -0.15) is 0 Å². The van der Waals surface area contributed by atoms with Crippen LogP contribution >= 0.6 is 0 Å². The number of ether oxygens (including phenoxy) is 2. The van der Waals surface area contributed by atoms with E-state index in [1.807, 2.05) is 13.8 Å². The molecule has 43 heavy (non-hydrogen) atoms. The molecule has 15 nitrogen and oxygen atoms in total. The lowest BCUT2D eigenvalue weighted by Gasteiger charge is -2.25. The molecule has 0 aliphatic carbocycles. The third-order valence-electron chi connectivity index (χ3n) is 6.32. The molecule has 0 saturated carbocycles. The second kappa shape index (κ2) is 19.4. The standard InChI is InChI=1S/C28H47N7O8/c1-27(2,11-13-41-14-15-42-28(3,4)18-29)25(39)32-16-23(37)35-22(6-5-12-31-26(30)40)24(38)34-21-9-7-20(8-10-21)17-43-33-19-36/h7-10,19,22H,5-6,11-18,29H2,1-4H3,(H,32,39)(H,33,36)(H,34,38)(H,35,37)(H3,30,31,40). The number of benzene rings is 1. The topological polar surface area (TPSA) is 225 Å². The van der Waals surface area contributed by atoms with Crippen molar-refractivity contribution in [3.05, 3.63) is 29.8 Å². The van der Waals surface area contributed by atoms with Crippen LogP contribution in [0.1, 0.15) is 52.5 Å². The highest BCUT2D eigenvalue weighted by molar-refractivity contribution is 5.97. The number of rotatable bonds is 22. The molecule has 242 valence electrons. The summed E-state index contributed by atoms with van der Waals surface area (Å²) in [5, 5.41) is 10.4. The van der Waals surface area contributed by atoms with Crippen molar-refractivity contribution in [2.75, 3.05) is 44.8 Å². The first kappa shape index (κ1) is 37.2. The fraction of sp³-hybridized carbons (Fsp3) is 0.607. The van der Waals surface area contributed by atoms with E-state index in [9.17, 15) is 24.0 Å². The van der Waals surface area contributed by atoms with Crippen LogP contribution < -0.4 is 38.2 Å². The van der Waals surface area contributed by atoms with Gasteiger partial charge in [-0.25, -0.2) is 10.3 Å². The molecular formula is C28H47N7O8. The van der Waals surface area contributed by atoms with Crippen molar-refractivity contribution in [2.45, 2.75) is 65.2 Å². The lowest BCUT2D eigenvalue weighted by Crippen LogP contribution is -2.49. The van der Waals surface area contributed by atoms with Crippen LogP contribution in [-0.4, -0.2) is 81.3 Å². The number of urea groups is 1. The van der Waals surface area contributed by atoms with Crippen molar-refractivity contribution < 1.29 is 38.3 Å². The number of anilines is 1. The summed E-state index contributed by atoms with van der Waals surface area (Å²) >= 11 is 0. The number of carbonyl (C=O) groups excluding carboxylic acids is 5. The molecule has 15 heteroatoms. The van der Waals surface area contributed by atoms with E-state index in [-0.39, 0.29) is 32.0 Å². The molecule has 0 aliphatic heterocycles. The van der Waals surface area contributed by atoms with Crippen LogP contribution in [0.15, 0.2) is 24.3 Å². The number of nitrogens with one attached hydrogen (secondary N) is 5. The van der Waals surface area contributed by atoms with Crippen LogP contribution in [0, 0.1) is 5.41 Å². The van der Waals surface area contributed by atoms with Crippen LogP contribution in [0.3, 0.4) is 0 Å². The highest BCUT2D eigenvalue weighted by Gasteiger charge is 2.28. The molecule has 0 spiro atoms. The molecule has 1 rings (SSSR count). The maximum Gasteiger partial charge on any atom is 0.312 e. The number of carbonyl (C=O) groups is 5. The SMILES string of the molecule is CC(C)(CN)OCCOCCC(C)(C)C(=O)NCC(=O)NC(CCCNC(N)=O)C(=O)Nc1ccc(CONC=O)cc1. The minimum absolute atomic E-state index is 0.136. The second-order valence-electron chi connectivity index (χ2n) is 11.0. The molecular weight excluding hydrogens is 562 g/mol. The van der Waals surface area contributed by atoms with Gasteiger partial charge in [0.1, 0.15) is 6.04 Å². The van der Waals surface area contributed by atoms with Gasteiger partial charge < -0.3 is 42.2 Å². The van der Waals surface area contributed by atoms with E-state index in [0.717, 1.165) is 5.56 Å². The Morgan fingerprint density at radius 1 is 1.00 bits per heavy atom. The largest absolute Gasteiger partial charge is 0.379 e. The Bertz CT molecular complexity index is 1030.